The van der Waals surface area contributed by atoms with Crippen molar-refractivity contribution in [2.45, 2.75) is 31.8 Å². The number of hydrogen-bond acceptors (Lipinski definition) is 3. The molecule has 1 N–H and O–H groups in total. The Morgan fingerprint density at radius 2 is 2.50 bits per heavy atom. The molecule has 0 unspecified atom stereocenters. The van der Waals surface area contributed by atoms with Crippen molar-refractivity contribution in [2.75, 3.05) is 19.0 Å². The first-order valence-electron chi connectivity index (χ1n) is 5.17. The van der Waals surface area contributed by atoms with Crippen LogP contribution in [-0.2, 0) is 11.3 Å². The van der Waals surface area contributed by atoms with Crippen LogP contribution in [-0.4, -0.2) is 29.3 Å². The number of ether oxygens (including phenoxy) is 1. The van der Waals surface area contributed by atoms with Crippen LogP contribution in [0.1, 0.15) is 19.3 Å². The van der Waals surface area contributed by atoms with Crippen LogP contribution in [0.4, 0.5) is 5.95 Å². The molecule has 1 fully saturated rings. The van der Waals surface area contributed by atoms with Gasteiger partial charge in [0.1, 0.15) is 0 Å². The van der Waals surface area contributed by atoms with Crippen molar-refractivity contribution >= 4 is 5.95 Å². The highest BCUT2D eigenvalue weighted by Gasteiger charge is 2.18. The number of aromatic nitrogens is 2. The van der Waals surface area contributed by atoms with Gasteiger partial charge in [-0.3, -0.25) is 0 Å². The Morgan fingerprint density at radius 1 is 1.64 bits per heavy atom. The van der Waals surface area contributed by atoms with Gasteiger partial charge in [0.15, 0.2) is 0 Å². The van der Waals surface area contributed by atoms with Gasteiger partial charge < -0.3 is 14.6 Å². The minimum atomic E-state index is 0.638. The van der Waals surface area contributed by atoms with Crippen LogP contribution in [0, 0.1) is 0 Å². The lowest BCUT2D eigenvalue weighted by Crippen LogP contribution is -2.28. The summed E-state index contributed by atoms with van der Waals surface area (Å²) in [7, 11) is 1.72. The zero-order valence-electron chi connectivity index (χ0n) is 8.57. The van der Waals surface area contributed by atoms with E-state index in [4.69, 9.17) is 4.74 Å². The zero-order valence-corrected chi connectivity index (χ0v) is 8.57. The predicted octanol–water partition coefficient (Wildman–Crippen LogP) is 1.49. The number of imidazole rings is 1. The van der Waals surface area contributed by atoms with Crippen molar-refractivity contribution in [3.8, 4) is 0 Å². The maximum Gasteiger partial charge on any atom is 0.203 e. The van der Waals surface area contributed by atoms with E-state index in [9.17, 15) is 0 Å². The van der Waals surface area contributed by atoms with Gasteiger partial charge >= 0.3 is 0 Å². The number of hydrogen-bond donors (Lipinski definition) is 1. The van der Waals surface area contributed by atoms with E-state index in [1.165, 1.54) is 19.3 Å². The van der Waals surface area contributed by atoms with Crippen molar-refractivity contribution < 1.29 is 4.74 Å². The van der Waals surface area contributed by atoms with Crippen molar-refractivity contribution in [1.82, 2.24) is 9.55 Å². The number of nitrogens with zero attached hydrogens (tertiary/aromatic N) is 2. The number of rotatable bonds is 5. The van der Waals surface area contributed by atoms with Gasteiger partial charge in [-0.05, 0) is 19.3 Å². The Hall–Kier alpha value is -1.03. The second-order valence-electron chi connectivity index (χ2n) is 3.71. The minimum Gasteiger partial charge on any atom is -0.383 e. The molecule has 0 bridgehead atoms. The molecule has 2 rings (SSSR count). The summed E-state index contributed by atoms with van der Waals surface area (Å²) in [4.78, 5) is 4.29. The molecule has 4 heteroatoms. The lowest BCUT2D eigenvalue weighted by molar-refractivity contribution is 0.187. The van der Waals surface area contributed by atoms with Gasteiger partial charge in [0, 0.05) is 32.1 Å². The molecule has 1 aromatic rings. The van der Waals surface area contributed by atoms with E-state index in [1.54, 1.807) is 7.11 Å². The Balaban J connectivity index is 1.90. The molecule has 0 aliphatic heterocycles. The normalized spacial score (nSPS) is 16.6. The van der Waals surface area contributed by atoms with Crippen LogP contribution in [0.2, 0.25) is 0 Å². The van der Waals surface area contributed by atoms with Crippen molar-refractivity contribution in [1.29, 1.82) is 0 Å². The molecule has 14 heavy (non-hydrogen) atoms. The van der Waals surface area contributed by atoms with Gasteiger partial charge in [0.2, 0.25) is 5.95 Å². The molecule has 78 valence electrons. The largest absolute Gasteiger partial charge is 0.383 e. The Bertz CT molecular complexity index is 281. The van der Waals surface area contributed by atoms with Crippen LogP contribution in [0.15, 0.2) is 12.4 Å². The standard InChI is InChI=1S/C10H17N3O/c1-14-8-7-13-6-5-11-10(13)12-9-3-2-4-9/h5-6,9H,2-4,7-8H2,1H3,(H,11,12). The van der Waals surface area contributed by atoms with Crippen LogP contribution < -0.4 is 5.32 Å². The summed E-state index contributed by atoms with van der Waals surface area (Å²) < 4.78 is 7.14. The molecule has 1 heterocycles. The fourth-order valence-electron chi connectivity index (χ4n) is 1.55. The van der Waals surface area contributed by atoms with E-state index in [1.807, 2.05) is 12.4 Å². The molecule has 0 saturated heterocycles. The molecular weight excluding hydrogens is 178 g/mol. The monoisotopic (exact) mass is 195 g/mol. The summed E-state index contributed by atoms with van der Waals surface area (Å²) in [6.07, 6.45) is 7.71. The quantitative estimate of drug-likeness (QED) is 0.773. The molecule has 1 aliphatic carbocycles. The fraction of sp³-hybridized carbons (Fsp3) is 0.700. The van der Waals surface area contributed by atoms with Gasteiger partial charge in [-0.15, -0.1) is 0 Å². The van der Waals surface area contributed by atoms with E-state index in [2.05, 4.69) is 14.9 Å². The summed E-state index contributed by atoms with van der Waals surface area (Å²) in [5.41, 5.74) is 0. The van der Waals surface area contributed by atoms with Gasteiger partial charge in [-0.1, -0.05) is 0 Å². The Kier molecular flexibility index (Phi) is 3.03. The fourth-order valence-corrected chi connectivity index (χ4v) is 1.55. The second-order valence-corrected chi connectivity index (χ2v) is 3.71. The molecule has 0 atom stereocenters. The molecule has 1 saturated carbocycles. The van der Waals surface area contributed by atoms with E-state index in [0.29, 0.717) is 6.04 Å². The van der Waals surface area contributed by atoms with E-state index < -0.39 is 0 Å². The first-order chi connectivity index (χ1) is 6.90. The van der Waals surface area contributed by atoms with Crippen LogP contribution in [0.25, 0.3) is 0 Å². The van der Waals surface area contributed by atoms with Crippen LogP contribution in [0.3, 0.4) is 0 Å². The van der Waals surface area contributed by atoms with Gasteiger partial charge in [0.25, 0.3) is 0 Å². The van der Waals surface area contributed by atoms with Crippen molar-refractivity contribution in [3.63, 3.8) is 0 Å². The summed E-state index contributed by atoms with van der Waals surface area (Å²) >= 11 is 0. The zero-order chi connectivity index (χ0) is 9.80. The third-order valence-corrected chi connectivity index (χ3v) is 2.69. The summed E-state index contributed by atoms with van der Waals surface area (Å²) in [5.74, 6) is 0.978. The molecule has 0 spiro atoms. The molecule has 1 aliphatic rings. The van der Waals surface area contributed by atoms with Gasteiger partial charge in [0.05, 0.1) is 6.61 Å². The lowest BCUT2D eigenvalue weighted by Gasteiger charge is -2.27. The van der Waals surface area contributed by atoms with Crippen LogP contribution >= 0.6 is 0 Å². The number of anilines is 1. The van der Waals surface area contributed by atoms with Crippen LogP contribution in [0.5, 0.6) is 0 Å². The number of methoxy groups -OCH3 is 1. The highest BCUT2D eigenvalue weighted by Crippen LogP contribution is 2.22. The summed E-state index contributed by atoms with van der Waals surface area (Å²) in [6.45, 7) is 1.60. The lowest BCUT2D eigenvalue weighted by atomic mass is 9.93. The highest BCUT2D eigenvalue weighted by molar-refractivity contribution is 5.28. The first-order valence-corrected chi connectivity index (χ1v) is 5.17. The molecule has 0 radical (unpaired) electrons. The maximum absolute atomic E-state index is 5.04. The van der Waals surface area contributed by atoms with E-state index >= 15 is 0 Å². The molecular formula is C10H17N3O. The smallest absolute Gasteiger partial charge is 0.203 e. The van der Waals surface area contributed by atoms with E-state index in [-0.39, 0.29) is 0 Å². The number of nitrogens with one attached hydrogen (secondary N) is 1. The van der Waals surface area contributed by atoms with Crippen molar-refractivity contribution in [3.05, 3.63) is 12.4 Å². The van der Waals surface area contributed by atoms with Gasteiger partial charge in [-0.25, -0.2) is 4.98 Å². The average molecular weight is 195 g/mol. The highest BCUT2D eigenvalue weighted by atomic mass is 16.5. The average Bonchev–Trinajstić information content (AvgIpc) is 2.55. The van der Waals surface area contributed by atoms with E-state index in [0.717, 1.165) is 19.1 Å². The predicted molar refractivity (Wildman–Crippen MR) is 55.4 cm³/mol. The van der Waals surface area contributed by atoms with Gasteiger partial charge in [-0.2, -0.15) is 0 Å². The molecule has 1 aromatic heterocycles. The topological polar surface area (TPSA) is 39.1 Å². The third kappa shape index (κ3) is 2.07. The minimum absolute atomic E-state index is 0.638. The molecule has 4 nitrogen and oxygen atoms in total. The summed E-state index contributed by atoms with van der Waals surface area (Å²) in [5, 5.41) is 3.43. The summed E-state index contributed by atoms with van der Waals surface area (Å²) in [6, 6.07) is 0.638. The SMILES string of the molecule is COCCn1ccnc1NC1CCC1. The van der Waals surface area contributed by atoms with Crippen molar-refractivity contribution in [2.24, 2.45) is 0 Å². The first kappa shape index (κ1) is 9.52. The molecule has 0 aromatic carbocycles. The third-order valence-electron chi connectivity index (χ3n) is 2.69. The second kappa shape index (κ2) is 4.46. The molecule has 0 amide bonds. The Labute approximate surface area is 84.3 Å². The maximum atomic E-state index is 5.04. The Morgan fingerprint density at radius 3 is 3.14 bits per heavy atom.